The molecule has 0 bridgehead atoms. The molecule has 2 rings (SSSR count). The van der Waals surface area contributed by atoms with Crippen LogP contribution in [0.4, 0.5) is 6.01 Å². The van der Waals surface area contributed by atoms with E-state index in [1.807, 2.05) is 7.05 Å². The Kier molecular flexibility index (Phi) is 4.36. The molecule has 5 nitrogen and oxygen atoms in total. The van der Waals surface area contributed by atoms with Gasteiger partial charge in [-0.3, -0.25) is 0 Å². The van der Waals surface area contributed by atoms with Crippen molar-refractivity contribution in [3.8, 4) is 0 Å². The van der Waals surface area contributed by atoms with Crippen LogP contribution in [0.25, 0.3) is 0 Å². The van der Waals surface area contributed by atoms with Gasteiger partial charge in [0.05, 0.1) is 6.54 Å². The molecule has 0 aliphatic carbocycles. The van der Waals surface area contributed by atoms with Crippen molar-refractivity contribution in [3.05, 3.63) is 5.89 Å². The number of nitrogens with zero attached hydrogens (tertiary/aromatic N) is 3. The van der Waals surface area contributed by atoms with Crippen molar-refractivity contribution < 1.29 is 4.42 Å². The number of hydrogen-bond acceptors (Lipinski definition) is 5. The van der Waals surface area contributed by atoms with E-state index in [1.54, 1.807) is 0 Å². The number of anilines is 1. The van der Waals surface area contributed by atoms with E-state index in [0.29, 0.717) is 18.5 Å². The first-order valence-corrected chi connectivity index (χ1v) is 6.55. The first-order valence-electron chi connectivity index (χ1n) is 6.55. The summed E-state index contributed by atoms with van der Waals surface area (Å²) in [6.07, 6.45) is 5.13. The standard InChI is InChI=1S/C12H22N4O/c1-3-4-10-5-7-16(8-6-10)12-15-14-11(17-12)9-13-2/h10,13H,3-9H2,1-2H3. The van der Waals surface area contributed by atoms with Crippen LogP contribution >= 0.6 is 0 Å². The Morgan fingerprint density at radius 3 is 2.76 bits per heavy atom. The van der Waals surface area contributed by atoms with E-state index < -0.39 is 0 Å². The number of rotatable bonds is 5. The molecule has 1 N–H and O–H groups in total. The summed E-state index contributed by atoms with van der Waals surface area (Å²) in [6.45, 7) is 4.99. The van der Waals surface area contributed by atoms with Crippen LogP contribution in [0.2, 0.25) is 0 Å². The molecule has 0 spiro atoms. The van der Waals surface area contributed by atoms with E-state index in [1.165, 1.54) is 25.7 Å². The zero-order valence-electron chi connectivity index (χ0n) is 10.8. The first kappa shape index (κ1) is 12.4. The van der Waals surface area contributed by atoms with E-state index in [-0.39, 0.29) is 0 Å². The van der Waals surface area contributed by atoms with E-state index in [9.17, 15) is 0 Å². The van der Waals surface area contributed by atoms with E-state index >= 15 is 0 Å². The summed E-state index contributed by atoms with van der Waals surface area (Å²) < 4.78 is 5.60. The molecule has 1 aliphatic heterocycles. The molecule has 2 heterocycles. The lowest BCUT2D eigenvalue weighted by Gasteiger charge is -2.30. The average Bonchev–Trinajstić information content (AvgIpc) is 2.80. The fourth-order valence-corrected chi connectivity index (χ4v) is 2.42. The smallest absolute Gasteiger partial charge is 0.318 e. The maximum absolute atomic E-state index is 5.60. The van der Waals surface area contributed by atoms with Crippen molar-refractivity contribution in [3.63, 3.8) is 0 Å². The minimum atomic E-state index is 0.638. The van der Waals surface area contributed by atoms with Crippen molar-refractivity contribution >= 4 is 6.01 Å². The van der Waals surface area contributed by atoms with E-state index in [0.717, 1.165) is 19.0 Å². The van der Waals surface area contributed by atoms with Gasteiger partial charge in [0.2, 0.25) is 5.89 Å². The van der Waals surface area contributed by atoms with Gasteiger partial charge in [-0.1, -0.05) is 24.9 Å². The van der Waals surface area contributed by atoms with Crippen LogP contribution in [0, 0.1) is 5.92 Å². The summed E-state index contributed by atoms with van der Waals surface area (Å²) in [4.78, 5) is 2.21. The molecular weight excluding hydrogens is 216 g/mol. The van der Waals surface area contributed by atoms with Gasteiger partial charge in [0.15, 0.2) is 0 Å². The van der Waals surface area contributed by atoms with Crippen molar-refractivity contribution in [1.29, 1.82) is 0 Å². The van der Waals surface area contributed by atoms with Gasteiger partial charge in [0.25, 0.3) is 0 Å². The molecule has 1 aliphatic rings. The van der Waals surface area contributed by atoms with E-state index in [2.05, 4.69) is 27.3 Å². The molecule has 0 aromatic carbocycles. The van der Waals surface area contributed by atoms with Gasteiger partial charge in [-0.05, 0) is 25.8 Å². The minimum Gasteiger partial charge on any atom is -0.407 e. The number of nitrogens with one attached hydrogen (secondary N) is 1. The van der Waals surface area contributed by atoms with Crippen LogP contribution in [0.1, 0.15) is 38.5 Å². The third-order valence-electron chi connectivity index (χ3n) is 3.37. The normalized spacial score (nSPS) is 17.6. The van der Waals surface area contributed by atoms with Gasteiger partial charge < -0.3 is 14.6 Å². The largest absolute Gasteiger partial charge is 0.407 e. The van der Waals surface area contributed by atoms with Crippen molar-refractivity contribution in [1.82, 2.24) is 15.5 Å². The highest BCUT2D eigenvalue weighted by molar-refractivity contribution is 5.24. The predicted molar refractivity (Wildman–Crippen MR) is 66.9 cm³/mol. The molecule has 96 valence electrons. The zero-order valence-corrected chi connectivity index (χ0v) is 10.8. The molecule has 1 aromatic rings. The van der Waals surface area contributed by atoms with Gasteiger partial charge in [-0.15, -0.1) is 5.10 Å². The summed E-state index contributed by atoms with van der Waals surface area (Å²) in [6, 6.07) is 0.685. The predicted octanol–water partition coefficient (Wildman–Crippen LogP) is 1.81. The molecule has 17 heavy (non-hydrogen) atoms. The Hall–Kier alpha value is -1.10. The van der Waals surface area contributed by atoms with Gasteiger partial charge in [-0.25, -0.2) is 0 Å². The third-order valence-corrected chi connectivity index (χ3v) is 3.37. The Morgan fingerprint density at radius 1 is 1.35 bits per heavy atom. The third kappa shape index (κ3) is 3.19. The van der Waals surface area contributed by atoms with Crippen LogP contribution in [-0.4, -0.2) is 30.3 Å². The number of piperidine rings is 1. The van der Waals surface area contributed by atoms with Crippen LogP contribution in [-0.2, 0) is 6.54 Å². The van der Waals surface area contributed by atoms with Crippen LogP contribution in [0.5, 0.6) is 0 Å². The molecule has 0 radical (unpaired) electrons. The summed E-state index contributed by atoms with van der Waals surface area (Å²) in [5, 5.41) is 11.1. The van der Waals surface area contributed by atoms with Gasteiger partial charge in [0, 0.05) is 13.1 Å². The summed E-state index contributed by atoms with van der Waals surface area (Å²) in [5.74, 6) is 1.55. The minimum absolute atomic E-state index is 0.638. The maximum Gasteiger partial charge on any atom is 0.318 e. The molecule has 1 saturated heterocycles. The Labute approximate surface area is 103 Å². The lowest BCUT2D eigenvalue weighted by molar-refractivity contribution is 0.361. The molecule has 1 aromatic heterocycles. The highest BCUT2D eigenvalue weighted by Gasteiger charge is 2.22. The lowest BCUT2D eigenvalue weighted by Crippen LogP contribution is -2.33. The monoisotopic (exact) mass is 238 g/mol. The molecule has 0 amide bonds. The molecule has 0 saturated carbocycles. The van der Waals surface area contributed by atoms with Crippen LogP contribution in [0.3, 0.4) is 0 Å². The van der Waals surface area contributed by atoms with Crippen LogP contribution in [0.15, 0.2) is 4.42 Å². The van der Waals surface area contributed by atoms with Crippen molar-refractivity contribution in [2.24, 2.45) is 5.92 Å². The fourth-order valence-electron chi connectivity index (χ4n) is 2.42. The van der Waals surface area contributed by atoms with Gasteiger partial charge in [-0.2, -0.15) is 0 Å². The Balaban J connectivity index is 1.86. The van der Waals surface area contributed by atoms with Gasteiger partial charge in [0.1, 0.15) is 0 Å². The highest BCUT2D eigenvalue weighted by Crippen LogP contribution is 2.25. The second kappa shape index (κ2) is 6.00. The summed E-state index contributed by atoms with van der Waals surface area (Å²) in [7, 11) is 1.88. The maximum atomic E-state index is 5.60. The Morgan fingerprint density at radius 2 is 2.12 bits per heavy atom. The quantitative estimate of drug-likeness (QED) is 0.847. The zero-order chi connectivity index (χ0) is 12.1. The Bertz CT molecular complexity index is 331. The molecule has 1 fully saturated rings. The number of aromatic nitrogens is 2. The van der Waals surface area contributed by atoms with Crippen molar-refractivity contribution in [2.45, 2.75) is 39.2 Å². The SMILES string of the molecule is CCCC1CCN(c2nnc(CNC)o2)CC1. The summed E-state index contributed by atoms with van der Waals surface area (Å²) in [5.41, 5.74) is 0. The first-order chi connectivity index (χ1) is 8.33. The van der Waals surface area contributed by atoms with Crippen LogP contribution < -0.4 is 10.2 Å². The second-order valence-electron chi connectivity index (χ2n) is 4.73. The average molecular weight is 238 g/mol. The topological polar surface area (TPSA) is 54.2 Å². The lowest BCUT2D eigenvalue weighted by atomic mass is 9.93. The molecule has 5 heteroatoms. The highest BCUT2D eigenvalue weighted by atomic mass is 16.4. The molecular formula is C12H22N4O. The van der Waals surface area contributed by atoms with Gasteiger partial charge >= 0.3 is 6.01 Å². The number of hydrogen-bond donors (Lipinski definition) is 1. The summed E-state index contributed by atoms with van der Waals surface area (Å²) >= 11 is 0. The van der Waals surface area contributed by atoms with E-state index in [4.69, 9.17) is 4.42 Å². The molecule has 0 atom stereocenters. The fraction of sp³-hybridized carbons (Fsp3) is 0.833. The second-order valence-corrected chi connectivity index (χ2v) is 4.73. The molecule has 0 unspecified atom stereocenters. The van der Waals surface area contributed by atoms with Crippen molar-refractivity contribution in [2.75, 3.05) is 25.0 Å².